The van der Waals surface area contributed by atoms with Crippen LogP contribution in [0.2, 0.25) is 0 Å². The molecule has 0 N–H and O–H groups in total. The molecule has 0 unspecified atom stereocenters. The molecule has 1 heterocycles. The Morgan fingerprint density at radius 2 is 2.33 bits per heavy atom. The monoisotopic (exact) mass is 166 g/mol. The Hall–Kier alpha value is 0.316. The van der Waals surface area contributed by atoms with Gasteiger partial charge in [-0.15, -0.1) is 0 Å². The van der Waals surface area contributed by atoms with Crippen LogP contribution >= 0.6 is 11.3 Å². The van der Waals surface area contributed by atoms with E-state index in [9.17, 15) is 0 Å². The van der Waals surface area contributed by atoms with Gasteiger partial charge in [-0.25, -0.2) is 0 Å². The molecule has 9 heavy (non-hydrogen) atoms. The fourth-order valence-corrected chi connectivity index (χ4v) is 1.60. The molecule has 42 valence electrons. The summed E-state index contributed by atoms with van der Waals surface area (Å²) in [6.45, 7) is 0. The maximum Gasteiger partial charge on any atom is -1.00 e. The molecule has 0 fully saturated rings. The summed E-state index contributed by atoms with van der Waals surface area (Å²) in [7, 11) is 0. The second-order valence-corrected chi connectivity index (χ2v) is 3.62. The van der Waals surface area contributed by atoms with E-state index in [2.05, 4.69) is 5.92 Å². The van der Waals surface area contributed by atoms with Crippen LogP contribution < -0.4 is 15.4 Å². The fraction of sp³-hybridized carbons (Fsp3) is 0. The number of hydrogen-bond donors (Lipinski definition) is 0. The first-order valence-corrected chi connectivity index (χ1v) is 3.79. The fourth-order valence-electron chi connectivity index (χ4n) is 0.469. The summed E-state index contributed by atoms with van der Waals surface area (Å²) in [5, 5.41) is 2.01. The molecule has 0 bridgehead atoms. The summed E-state index contributed by atoms with van der Waals surface area (Å²) in [5.41, 5.74) is 1.04. The van der Waals surface area contributed by atoms with Crippen LogP contribution in [0.5, 0.6) is 0 Å². The van der Waals surface area contributed by atoms with Gasteiger partial charge in [0.15, 0.2) is 0 Å². The van der Waals surface area contributed by atoms with Crippen molar-refractivity contribution in [3.05, 3.63) is 17.0 Å². The molecule has 3 heteroatoms. The van der Waals surface area contributed by atoms with Gasteiger partial charge in [0.1, 0.15) is 0 Å². The zero-order valence-corrected chi connectivity index (χ0v) is 7.71. The van der Waals surface area contributed by atoms with E-state index < -0.39 is 0 Å². The SMILES string of the molecule is C#Cc1ccs[c]1[Mg+].[Cl-]. The van der Waals surface area contributed by atoms with Crippen molar-refractivity contribution in [2.45, 2.75) is 0 Å². The van der Waals surface area contributed by atoms with Crippen molar-refractivity contribution in [2.75, 3.05) is 0 Å². The molecule has 0 spiro atoms. The molecule has 0 nitrogen and oxygen atoms in total. The Bertz CT molecular complexity index is 223. The number of terminal acetylenes is 1. The number of hydrogen-bond acceptors (Lipinski definition) is 1. The van der Waals surface area contributed by atoms with E-state index in [0.29, 0.717) is 0 Å². The topological polar surface area (TPSA) is 0 Å². The molecule has 0 aliphatic carbocycles. The smallest absolute Gasteiger partial charge is 1.00 e. The van der Waals surface area contributed by atoms with Gasteiger partial charge in [0.25, 0.3) is 0 Å². The molecule has 1 aromatic rings. The Kier molecular flexibility index (Phi) is 4.33. The maximum absolute atomic E-state index is 5.16. The minimum Gasteiger partial charge on any atom is -1.00 e. The molecular weight excluding hydrogens is 164 g/mol. The van der Waals surface area contributed by atoms with Crippen LogP contribution in [0.25, 0.3) is 0 Å². The average molecular weight is 167 g/mol. The summed E-state index contributed by atoms with van der Waals surface area (Å²) in [6, 6.07) is 1.97. The van der Waals surface area contributed by atoms with Gasteiger partial charge in [-0.1, -0.05) is 0 Å². The van der Waals surface area contributed by atoms with Crippen molar-refractivity contribution in [2.24, 2.45) is 0 Å². The predicted molar refractivity (Wildman–Crippen MR) is 37.6 cm³/mol. The molecule has 0 radical (unpaired) electrons. The van der Waals surface area contributed by atoms with Crippen LogP contribution in [-0.2, 0) is 0 Å². The zero-order chi connectivity index (χ0) is 5.98. The normalized spacial score (nSPS) is 7.67. The number of halogens is 1. The summed E-state index contributed by atoms with van der Waals surface area (Å²) in [6.07, 6.45) is 5.16. The van der Waals surface area contributed by atoms with Gasteiger partial charge < -0.3 is 12.4 Å². The second kappa shape index (κ2) is 4.18. The van der Waals surface area contributed by atoms with Gasteiger partial charge in [0, 0.05) is 0 Å². The van der Waals surface area contributed by atoms with E-state index in [1.807, 2.05) is 33.2 Å². The van der Waals surface area contributed by atoms with Crippen LogP contribution in [0.15, 0.2) is 11.4 Å². The Morgan fingerprint density at radius 1 is 1.67 bits per heavy atom. The quantitative estimate of drug-likeness (QED) is 0.296. The maximum atomic E-state index is 5.16. The van der Waals surface area contributed by atoms with E-state index in [1.54, 1.807) is 11.3 Å². The van der Waals surface area contributed by atoms with Crippen molar-refractivity contribution < 1.29 is 12.4 Å². The molecular formula is C6H3ClMgS. The third-order valence-electron chi connectivity index (χ3n) is 0.901. The molecule has 1 rings (SSSR count). The Balaban J connectivity index is 0.000000640. The van der Waals surface area contributed by atoms with Gasteiger partial charge in [-0.3, -0.25) is 0 Å². The van der Waals surface area contributed by atoms with Gasteiger partial charge >= 0.3 is 65.4 Å². The molecule has 0 aliphatic heterocycles. The van der Waals surface area contributed by atoms with Gasteiger partial charge in [-0.2, -0.15) is 0 Å². The molecule has 1 aromatic heterocycles. The minimum atomic E-state index is 0. The van der Waals surface area contributed by atoms with Crippen molar-refractivity contribution in [3.8, 4) is 12.3 Å². The second-order valence-electron chi connectivity index (χ2n) is 1.40. The molecule has 0 aliphatic rings. The Labute approximate surface area is 77.5 Å². The summed E-state index contributed by atoms with van der Waals surface area (Å²) < 4.78 is 1.26. The van der Waals surface area contributed by atoms with E-state index in [1.165, 1.54) is 3.01 Å². The van der Waals surface area contributed by atoms with Crippen molar-refractivity contribution >= 4 is 36.1 Å². The zero-order valence-electron chi connectivity index (χ0n) is 4.73. The number of rotatable bonds is 0. The van der Waals surface area contributed by atoms with Crippen LogP contribution in [0.4, 0.5) is 0 Å². The van der Waals surface area contributed by atoms with Gasteiger partial charge in [-0.05, 0) is 0 Å². The molecule has 0 aromatic carbocycles. The third kappa shape index (κ3) is 2.19. The van der Waals surface area contributed by atoms with E-state index in [-0.39, 0.29) is 12.4 Å². The van der Waals surface area contributed by atoms with E-state index >= 15 is 0 Å². The van der Waals surface area contributed by atoms with Crippen molar-refractivity contribution in [1.29, 1.82) is 0 Å². The van der Waals surface area contributed by atoms with Crippen LogP contribution in [0, 0.1) is 12.3 Å². The van der Waals surface area contributed by atoms with Gasteiger partial charge in [0.2, 0.25) is 0 Å². The predicted octanol–water partition coefficient (Wildman–Crippen LogP) is -2.47. The first kappa shape index (κ1) is 9.32. The first-order chi connectivity index (χ1) is 3.84. The van der Waals surface area contributed by atoms with Crippen LogP contribution in [0.3, 0.4) is 0 Å². The number of thiophene rings is 1. The standard InChI is InChI=1S/C6H3S.ClH.Mg/c1-2-6-3-4-7-5-6;;/h1,3-4H;1H;/q;;+1/p-1. The summed E-state index contributed by atoms with van der Waals surface area (Å²) >= 11 is 3.54. The largest absolute Gasteiger partial charge is 1.00 e. The first-order valence-electron chi connectivity index (χ1n) is 2.20. The summed E-state index contributed by atoms with van der Waals surface area (Å²) in [5.74, 6) is 2.59. The average Bonchev–Trinajstić information content (AvgIpc) is 2.14. The molecule has 0 saturated heterocycles. The van der Waals surface area contributed by atoms with E-state index in [4.69, 9.17) is 6.42 Å². The third-order valence-corrected chi connectivity index (χ3v) is 2.56. The van der Waals surface area contributed by atoms with Crippen molar-refractivity contribution in [1.82, 2.24) is 0 Å². The minimum absolute atomic E-state index is 0. The van der Waals surface area contributed by atoms with Crippen LogP contribution in [-0.4, -0.2) is 21.7 Å². The molecule has 0 amide bonds. The van der Waals surface area contributed by atoms with Crippen LogP contribution in [0.1, 0.15) is 5.56 Å². The van der Waals surface area contributed by atoms with Crippen molar-refractivity contribution in [3.63, 3.8) is 0 Å². The van der Waals surface area contributed by atoms with E-state index in [0.717, 1.165) is 5.56 Å². The summed E-state index contributed by atoms with van der Waals surface area (Å²) in [4.78, 5) is 0. The molecule has 0 saturated carbocycles. The molecule has 0 atom stereocenters. The van der Waals surface area contributed by atoms with Gasteiger partial charge in [0.05, 0.1) is 0 Å². The Morgan fingerprint density at radius 3 is 2.56 bits per heavy atom.